The molecule has 0 saturated carbocycles. The second kappa shape index (κ2) is 3.38. The maximum atomic E-state index is 10.8. The fraction of sp³-hybridized carbons (Fsp3) is 0.857. The van der Waals surface area contributed by atoms with Crippen LogP contribution in [0.25, 0.3) is 0 Å². The van der Waals surface area contributed by atoms with E-state index in [-0.39, 0.29) is 6.61 Å². The van der Waals surface area contributed by atoms with E-state index < -0.39 is 30.2 Å². The van der Waals surface area contributed by atoms with Crippen molar-refractivity contribution in [3.63, 3.8) is 0 Å². The molecule has 1 fully saturated rings. The summed E-state index contributed by atoms with van der Waals surface area (Å²) in [6.07, 6.45) is -3.35. The molecule has 4 atom stereocenters. The van der Waals surface area contributed by atoms with Crippen LogP contribution in [0.4, 0.5) is 0 Å². The molecule has 0 aliphatic carbocycles. The fourth-order valence-corrected chi connectivity index (χ4v) is 1.18. The van der Waals surface area contributed by atoms with Crippen LogP contribution < -0.4 is 0 Å². The fourth-order valence-electron chi connectivity index (χ4n) is 1.18. The molecule has 1 aliphatic heterocycles. The van der Waals surface area contributed by atoms with Gasteiger partial charge in [-0.1, -0.05) is 6.92 Å². The lowest BCUT2D eigenvalue weighted by atomic mass is 9.92. The average molecular weight is 176 g/mol. The molecular formula is C7H12O5. The van der Waals surface area contributed by atoms with Gasteiger partial charge in [-0.15, -0.1) is 0 Å². The van der Waals surface area contributed by atoms with Crippen molar-refractivity contribution >= 4 is 5.97 Å². The van der Waals surface area contributed by atoms with E-state index in [0.29, 0.717) is 0 Å². The topological polar surface area (TPSA) is 87.0 Å². The highest BCUT2D eigenvalue weighted by Gasteiger charge is 2.41. The van der Waals surface area contributed by atoms with Crippen LogP contribution in [0.3, 0.4) is 0 Å². The molecule has 1 rings (SSSR count). The van der Waals surface area contributed by atoms with Crippen molar-refractivity contribution < 1.29 is 24.9 Å². The zero-order valence-corrected chi connectivity index (χ0v) is 6.67. The molecule has 5 heteroatoms. The SMILES string of the molecule is C[C@@H]1C(CO)OC(=O)C(O)C1O. The van der Waals surface area contributed by atoms with Gasteiger partial charge in [-0.25, -0.2) is 4.79 Å². The van der Waals surface area contributed by atoms with Gasteiger partial charge in [-0.05, 0) is 0 Å². The van der Waals surface area contributed by atoms with Crippen molar-refractivity contribution in [3.8, 4) is 0 Å². The molecule has 1 heterocycles. The standard InChI is InChI=1S/C7H12O5/c1-3-4(2-8)12-7(11)6(10)5(3)9/h3-6,8-10H,2H2,1H3/t3-,4?,5?,6?/m1/s1. The van der Waals surface area contributed by atoms with E-state index in [2.05, 4.69) is 4.74 Å². The van der Waals surface area contributed by atoms with Gasteiger partial charge in [0.15, 0.2) is 6.10 Å². The summed E-state index contributed by atoms with van der Waals surface area (Å²) in [5.41, 5.74) is 0. The van der Waals surface area contributed by atoms with Crippen LogP contribution in [-0.4, -0.2) is 46.2 Å². The number of cyclic esters (lactones) is 1. The van der Waals surface area contributed by atoms with Crippen LogP contribution >= 0.6 is 0 Å². The van der Waals surface area contributed by atoms with Gasteiger partial charge in [0.2, 0.25) is 0 Å². The van der Waals surface area contributed by atoms with E-state index >= 15 is 0 Å². The monoisotopic (exact) mass is 176 g/mol. The van der Waals surface area contributed by atoms with E-state index in [9.17, 15) is 9.90 Å². The number of hydrogen-bond donors (Lipinski definition) is 3. The Morgan fingerprint density at radius 3 is 2.58 bits per heavy atom. The summed E-state index contributed by atoms with van der Waals surface area (Å²) in [6, 6.07) is 0. The molecule has 0 bridgehead atoms. The first kappa shape index (κ1) is 9.44. The van der Waals surface area contributed by atoms with Crippen LogP contribution in [0.2, 0.25) is 0 Å². The van der Waals surface area contributed by atoms with Crippen molar-refractivity contribution in [2.75, 3.05) is 6.61 Å². The molecular weight excluding hydrogens is 164 g/mol. The highest BCUT2D eigenvalue weighted by molar-refractivity contribution is 5.76. The molecule has 3 unspecified atom stereocenters. The molecule has 0 spiro atoms. The maximum absolute atomic E-state index is 10.8. The van der Waals surface area contributed by atoms with E-state index in [4.69, 9.17) is 10.2 Å². The smallest absolute Gasteiger partial charge is 0.338 e. The Morgan fingerprint density at radius 2 is 2.08 bits per heavy atom. The zero-order chi connectivity index (χ0) is 9.30. The number of rotatable bonds is 1. The van der Waals surface area contributed by atoms with Crippen molar-refractivity contribution in [2.45, 2.75) is 25.2 Å². The van der Waals surface area contributed by atoms with Gasteiger partial charge >= 0.3 is 5.97 Å². The van der Waals surface area contributed by atoms with E-state index in [0.717, 1.165) is 0 Å². The van der Waals surface area contributed by atoms with Crippen molar-refractivity contribution in [2.24, 2.45) is 5.92 Å². The minimum Gasteiger partial charge on any atom is -0.458 e. The van der Waals surface area contributed by atoms with Gasteiger partial charge in [-0.2, -0.15) is 0 Å². The maximum Gasteiger partial charge on any atom is 0.338 e. The minimum atomic E-state index is -1.48. The summed E-state index contributed by atoms with van der Waals surface area (Å²) >= 11 is 0. The second-order valence-electron chi connectivity index (χ2n) is 2.95. The summed E-state index contributed by atoms with van der Waals surface area (Å²) in [4.78, 5) is 10.8. The molecule has 5 nitrogen and oxygen atoms in total. The summed E-state index contributed by atoms with van der Waals surface area (Å²) in [7, 11) is 0. The zero-order valence-electron chi connectivity index (χ0n) is 6.67. The number of aliphatic hydroxyl groups excluding tert-OH is 3. The molecule has 3 N–H and O–H groups in total. The van der Waals surface area contributed by atoms with Gasteiger partial charge in [0.1, 0.15) is 6.10 Å². The third-order valence-electron chi connectivity index (χ3n) is 2.14. The molecule has 0 radical (unpaired) electrons. The van der Waals surface area contributed by atoms with Gasteiger partial charge in [0.25, 0.3) is 0 Å². The predicted octanol–water partition coefficient (Wildman–Crippen LogP) is -1.74. The minimum absolute atomic E-state index is 0.337. The lowest BCUT2D eigenvalue weighted by Crippen LogP contribution is -2.52. The molecule has 1 aliphatic rings. The first-order valence-electron chi connectivity index (χ1n) is 3.75. The van der Waals surface area contributed by atoms with Crippen LogP contribution in [-0.2, 0) is 9.53 Å². The summed E-state index contributed by atoms with van der Waals surface area (Å²) < 4.78 is 4.63. The van der Waals surface area contributed by atoms with Crippen LogP contribution in [0.1, 0.15) is 6.92 Å². The highest BCUT2D eigenvalue weighted by atomic mass is 16.6. The lowest BCUT2D eigenvalue weighted by molar-refractivity contribution is -0.192. The molecule has 0 aromatic carbocycles. The van der Waals surface area contributed by atoms with E-state index in [1.807, 2.05) is 0 Å². The van der Waals surface area contributed by atoms with Crippen LogP contribution in [0.15, 0.2) is 0 Å². The van der Waals surface area contributed by atoms with Gasteiger partial charge in [0.05, 0.1) is 12.7 Å². The molecule has 0 aromatic heterocycles. The van der Waals surface area contributed by atoms with Crippen LogP contribution in [0, 0.1) is 5.92 Å². The number of carbonyl (C=O) groups excluding carboxylic acids is 1. The van der Waals surface area contributed by atoms with Crippen molar-refractivity contribution in [3.05, 3.63) is 0 Å². The Morgan fingerprint density at radius 1 is 1.50 bits per heavy atom. The van der Waals surface area contributed by atoms with E-state index in [1.165, 1.54) is 0 Å². The predicted molar refractivity (Wildman–Crippen MR) is 38.1 cm³/mol. The Labute approximate surface area is 69.6 Å². The van der Waals surface area contributed by atoms with Gasteiger partial charge in [-0.3, -0.25) is 0 Å². The van der Waals surface area contributed by atoms with Crippen molar-refractivity contribution in [1.29, 1.82) is 0 Å². The normalized spacial score (nSPS) is 42.5. The number of aliphatic hydroxyl groups is 3. The summed E-state index contributed by atoms with van der Waals surface area (Å²) in [6.45, 7) is 1.26. The first-order chi connectivity index (χ1) is 5.57. The number of carbonyl (C=O) groups is 1. The largest absolute Gasteiger partial charge is 0.458 e. The van der Waals surface area contributed by atoms with Crippen LogP contribution in [0.5, 0.6) is 0 Å². The summed E-state index contributed by atoms with van der Waals surface area (Å²) in [5.74, 6) is -1.32. The molecule has 70 valence electrons. The molecule has 0 aromatic rings. The Hall–Kier alpha value is -0.650. The third kappa shape index (κ3) is 1.43. The average Bonchev–Trinajstić information content (AvgIpc) is 2.08. The van der Waals surface area contributed by atoms with E-state index in [1.54, 1.807) is 6.92 Å². The molecule has 12 heavy (non-hydrogen) atoms. The quantitative estimate of drug-likeness (QED) is 0.413. The van der Waals surface area contributed by atoms with Gasteiger partial charge < -0.3 is 20.1 Å². The third-order valence-corrected chi connectivity index (χ3v) is 2.14. The lowest BCUT2D eigenvalue weighted by Gasteiger charge is -2.34. The Balaban J connectivity index is 2.70. The highest BCUT2D eigenvalue weighted by Crippen LogP contribution is 2.21. The molecule has 1 saturated heterocycles. The number of esters is 1. The van der Waals surface area contributed by atoms with Crippen molar-refractivity contribution in [1.82, 2.24) is 0 Å². The number of ether oxygens (including phenoxy) is 1. The Bertz CT molecular complexity index is 179. The molecule has 0 amide bonds. The first-order valence-corrected chi connectivity index (χ1v) is 3.75. The number of hydrogen-bond acceptors (Lipinski definition) is 5. The second-order valence-corrected chi connectivity index (χ2v) is 2.95. The Kier molecular flexibility index (Phi) is 2.66. The van der Waals surface area contributed by atoms with Gasteiger partial charge in [0, 0.05) is 5.92 Å². The summed E-state index contributed by atoms with van der Waals surface area (Å²) in [5, 5.41) is 27.0.